The first-order valence-electron chi connectivity index (χ1n) is 7.68. The van der Waals surface area contributed by atoms with E-state index in [0.29, 0.717) is 26.3 Å². The van der Waals surface area contributed by atoms with Gasteiger partial charge in [0.25, 0.3) is 5.56 Å². The van der Waals surface area contributed by atoms with Crippen molar-refractivity contribution in [1.82, 2.24) is 13.5 Å². The maximum atomic E-state index is 12.9. The molecule has 0 unspecified atom stereocenters. The fourth-order valence-corrected chi connectivity index (χ4v) is 3.13. The van der Waals surface area contributed by atoms with E-state index in [2.05, 4.69) is 4.37 Å². The van der Waals surface area contributed by atoms with Crippen LogP contribution in [0.3, 0.4) is 0 Å². The summed E-state index contributed by atoms with van der Waals surface area (Å²) in [5.41, 5.74) is -3.03. The van der Waals surface area contributed by atoms with Gasteiger partial charge in [-0.15, -0.1) is 11.6 Å². The standard InChI is InChI=1S/C14H10F3N3O3S.C2H3ClO2/c1-19-11(14(15,16)17)5-12(22)20(13(19)23)7-2-3-10-8(4-7)9(6-21)18-24-10;3-1-2(4)5/h2-5,21H,6H2,1H3;1H2,(H,4,5). The molecule has 2 heterocycles. The Balaban J connectivity index is 0.000000537. The minimum atomic E-state index is -4.81. The van der Waals surface area contributed by atoms with E-state index in [0.717, 1.165) is 23.3 Å². The molecule has 0 aliphatic rings. The number of nitrogens with zero attached hydrogens (tertiary/aromatic N) is 3. The summed E-state index contributed by atoms with van der Waals surface area (Å²) in [5, 5.41) is 17.4. The smallest absolute Gasteiger partial charge is 0.431 e. The molecule has 0 fully saturated rings. The van der Waals surface area contributed by atoms with Crippen LogP contribution in [-0.4, -0.2) is 35.6 Å². The second-order valence-electron chi connectivity index (χ2n) is 5.54. The highest BCUT2D eigenvalue weighted by atomic mass is 35.5. The van der Waals surface area contributed by atoms with Crippen LogP contribution in [0.4, 0.5) is 13.2 Å². The summed E-state index contributed by atoms with van der Waals surface area (Å²) in [6.07, 6.45) is -4.81. The Bertz CT molecular complexity index is 1170. The molecule has 2 N–H and O–H groups in total. The van der Waals surface area contributed by atoms with Crippen molar-refractivity contribution >= 4 is 39.2 Å². The van der Waals surface area contributed by atoms with Gasteiger partial charge in [0.05, 0.1) is 22.7 Å². The van der Waals surface area contributed by atoms with Gasteiger partial charge in [0.15, 0.2) is 0 Å². The minimum absolute atomic E-state index is 0.108. The minimum Gasteiger partial charge on any atom is -0.480 e. The molecule has 0 aliphatic heterocycles. The Morgan fingerprint density at radius 1 is 1.28 bits per heavy atom. The summed E-state index contributed by atoms with van der Waals surface area (Å²) in [6.45, 7) is -0.330. The van der Waals surface area contributed by atoms with Gasteiger partial charge in [0, 0.05) is 18.5 Å². The summed E-state index contributed by atoms with van der Waals surface area (Å²) < 4.78 is 44.4. The number of halogens is 4. The van der Waals surface area contributed by atoms with Crippen LogP contribution in [-0.2, 0) is 24.6 Å². The largest absolute Gasteiger partial charge is 0.480 e. The van der Waals surface area contributed by atoms with Gasteiger partial charge < -0.3 is 10.2 Å². The lowest BCUT2D eigenvalue weighted by Gasteiger charge is -2.13. The van der Waals surface area contributed by atoms with E-state index < -0.39 is 29.1 Å². The molecule has 3 rings (SSSR count). The fraction of sp³-hybridized carbons (Fsp3) is 0.250. The molecule has 8 nitrogen and oxygen atoms in total. The SMILES string of the molecule is Cn1c(C(F)(F)F)cc(=O)n(-c2ccc3snc(CO)c3c2)c1=O.O=C(O)CCl. The number of aromatic nitrogens is 3. The number of carboxylic acid groups (broad SMARTS) is 1. The number of hydrogen-bond acceptors (Lipinski definition) is 6. The molecule has 29 heavy (non-hydrogen) atoms. The van der Waals surface area contributed by atoms with Gasteiger partial charge in [-0.1, -0.05) is 0 Å². The van der Waals surface area contributed by atoms with Gasteiger partial charge in [-0.25, -0.2) is 9.36 Å². The van der Waals surface area contributed by atoms with Crippen molar-refractivity contribution in [3.05, 3.63) is 56.5 Å². The summed E-state index contributed by atoms with van der Waals surface area (Å²) in [5.74, 6) is -1.29. The van der Waals surface area contributed by atoms with Crippen molar-refractivity contribution < 1.29 is 28.2 Å². The number of carbonyl (C=O) groups is 1. The molecule has 0 radical (unpaired) electrons. The van der Waals surface area contributed by atoms with Gasteiger partial charge in [-0.2, -0.15) is 17.5 Å². The third kappa shape index (κ3) is 4.83. The van der Waals surface area contributed by atoms with E-state index in [1.165, 1.54) is 12.1 Å². The molecule has 0 atom stereocenters. The van der Waals surface area contributed by atoms with Crippen molar-refractivity contribution in [2.75, 3.05) is 5.88 Å². The number of rotatable bonds is 3. The second-order valence-corrected chi connectivity index (χ2v) is 6.61. The third-order valence-electron chi connectivity index (χ3n) is 3.66. The molecular formula is C16H13ClF3N3O5S. The Kier molecular flexibility index (Phi) is 6.82. The topological polar surface area (TPSA) is 114 Å². The van der Waals surface area contributed by atoms with Gasteiger partial charge in [0.1, 0.15) is 11.6 Å². The van der Waals surface area contributed by atoms with E-state index in [9.17, 15) is 32.7 Å². The zero-order chi connectivity index (χ0) is 21.9. The maximum absolute atomic E-state index is 12.9. The van der Waals surface area contributed by atoms with Crippen molar-refractivity contribution in [3.8, 4) is 5.69 Å². The Labute approximate surface area is 169 Å². The number of alkyl halides is 4. The molecule has 3 aromatic rings. The zero-order valence-corrected chi connectivity index (χ0v) is 16.2. The predicted molar refractivity (Wildman–Crippen MR) is 99.7 cm³/mol. The lowest BCUT2D eigenvalue weighted by atomic mass is 10.2. The van der Waals surface area contributed by atoms with E-state index in [4.69, 9.17) is 16.7 Å². The number of carboxylic acids is 1. The summed E-state index contributed by atoms with van der Waals surface area (Å²) in [6, 6.07) is 4.85. The molecule has 0 spiro atoms. The number of aliphatic carboxylic acids is 1. The number of fused-ring (bicyclic) bond motifs is 1. The van der Waals surface area contributed by atoms with E-state index in [1.807, 2.05) is 0 Å². The van der Waals surface area contributed by atoms with Crippen molar-refractivity contribution in [2.45, 2.75) is 12.8 Å². The average molecular weight is 452 g/mol. The van der Waals surface area contributed by atoms with Crippen molar-refractivity contribution in [3.63, 3.8) is 0 Å². The Morgan fingerprint density at radius 3 is 2.41 bits per heavy atom. The number of aliphatic hydroxyl groups is 1. The number of hydrogen-bond donors (Lipinski definition) is 2. The normalized spacial score (nSPS) is 11.2. The van der Waals surface area contributed by atoms with Gasteiger partial charge in [-0.05, 0) is 29.7 Å². The Hall–Kier alpha value is -2.70. The van der Waals surface area contributed by atoms with Crippen LogP contribution in [0, 0.1) is 0 Å². The molecular weight excluding hydrogens is 439 g/mol. The van der Waals surface area contributed by atoms with Crippen LogP contribution in [0.5, 0.6) is 0 Å². The van der Waals surface area contributed by atoms with Crippen LogP contribution in [0.1, 0.15) is 11.4 Å². The van der Waals surface area contributed by atoms with Crippen LogP contribution in [0.2, 0.25) is 0 Å². The van der Waals surface area contributed by atoms with Gasteiger partial charge in [0.2, 0.25) is 0 Å². The van der Waals surface area contributed by atoms with Crippen LogP contribution in [0.15, 0.2) is 33.9 Å². The molecule has 0 aliphatic carbocycles. The summed E-state index contributed by atoms with van der Waals surface area (Å²) in [4.78, 5) is 33.6. The molecule has 13 heteroatoms. The Morgan fingerprint density at radius 2 is 1.90 bits per heavy atom. The van der Waals surface area contributed by atoms with E-state index in [-0.39, 0.29) is 18.2 Å². The highest BCUT2D eigenvalue weighted by Gasteiger charge is 2.35. The molecule has 0 saturated heterocycles. The average Bonchev–Trinajstić information content (AvgIpc) is 3.06. The fourth-order valence-electron chi connectivity index (χ4n) is 2.36. The third-order valence-corrected chi connectivity index (χ3v) is 4.75. The first kappa shape index (κ1) is 22.6. The highest BCUT2D eigenvalue weighted by Crippen LogP contribution is 2.27. The first-order chi connectivity index (χ1) is 13.5. The van der Waals surface area contributed by atoms with Crippen molar-refractivity contribution in [1.29, 1.82) is 0 Å². The quantitative estimate of drug-likeness (QED) is 0.588. The molecule has 0 amide bonds. The molecule has 1 aromatic carbocycles. The highest BCUT2D eigenvalue weighted by molar-refractivity contribution is 7.13. The van der Waals surface area contributed by atoms with Crippen molar-refractivity contribution in [2.24, 2.45) is 7.05 Å². The van der Waals surface area contributed by atoms with Gasteiger partial charge >= 0.3 is 17.8 Å². The van der Waals surface area contributed by atoms with Crippen LogP contribution < -0.4 is 11.2 Å². The molecule has 156 valence electrons. The van der Waals surface area contributed by atoms with E-state index >= 15 is 0 Å². The monoisotopic (exact) mass is 451 g/mol. The molecule has 0 bridgehead atoms. The number of benzene rings is 1. The zero-order valence-electron chi connectivity index (χ0n) is 14.6. The lowest BCUT2D eigenvalue weighted by molar-refractivity contribution is -0.144. The van der Waals surface area contributed by atoms with Gasteiger partial charge in [-0.3, -0.25) is 14.2 Å². The maximum Gasteiger partial charge on any atom is 0.431 e. The molecule has 0 saturated carbocycles. The second kappa shape index (κ2) is 8.76. The predicted octanol–water partition coefficient (Wildman–Crippen LogP) is 1.97. The number of aliphatic hydroxyl groups excluding tert-OH is 1. The van der Waals surface area contributed by atoms with E-state index in [1.54, 1.807) is 6.07 Å². The summed E-state index contributed by atoms with van der Waals surface area (Å²) >= 11 is 5.87. The lowest BCUT2D eigenvalue weighted by Crippen LogP contribution is -2.40. The molecule has 2 aromatic heterocycles. The summed E-state index contributed by atoms with van der Waals surface area (Å²) in [7, 11) is 0.949. The van der Waals surface area contributed by atoms with Crippen LogP contribution in [0.25, 0.3) is 15.8 Å². The first-order valence-corrected chi connectivity index (χ1v) is 8.99. The van der Waals surface area contributed by atoms with Crippen LogP contribution >= 0.6 is 23.1 Å².